The largest absolute Gasteiger partial charge is 0.508 e. The number of phenolic OH excluding ortho intramolecular Hbond substituents is 1. The first-order valence-corrected chi connectivity index (χ1v) is 18.7. The number of hydrogen-bond donors (Lipinski definition) is 8. The lowest BCUT2D eigenvalue weighted by Gasteiger charge is -2.33. The Kier molecular flexibility index (Phi) is 15.1. The van der Waals surface area contributed by atoms with Crippen LogP contribution in [0.15, 0.2) is 24.3 Å². The number of nitrogens with zero attached hydrogens (tertiary/aromatic N) is 3. The number of phenols is 1. The maximum absolute atomic E-state index is 14.2. The molecule has 10 N–H and O–H groups in total. The van der Waals surface area contributed by atoms with Crippen LogP contribution in [0.5, 0.6) is 5.75 Å². The monoisotopic (exact) mass is 758 g/mol. The van der Waals surface area contributed by atoms with Crippen LogP contribution in [0.3, 0.4) is 0 Å². The number of amides is 6. The number of aromatic hydroxyl groups is 1. The van der Waals surface area contributed by atoms with Crippen LogP contribution in [0.4, 0.5) is 0 Å². The van der Waals surface area contributed by atoms with Crippen LogP contribution >= 0.6 is 0 Å². The summed E-state index contributed by atoms with van der Waals surface area (Å²) in [4.78, 5) is 97.0. The molecule has 0 radical (unpaired) electrons. The summed E-state index contributed by atoms with van der Waals surface area (Å²) in [5, 5.41) is 37.5. The fraction of sp³-hybridized carbons (Fsp3) is 0.639. The van der Waals surface area contributed by atoms with Crippen molar-refractivity contribution in [2.45, 2.75) is 113 Å². The maximum atomic E-state index is 14.2. The normalized spacial score (nSPS) is 21.9. The minimum Gasteiger partial charge on any atom is -0.508 e. The first kappa shape index (κ1) is 41.9. The number of nitrogens with two attached hydrogens (primary N) is 2. The van der Waals surface area contributed by atoms with Gasteiger partial charge in [-0.25, -0.2) is 4.79 Å². The summed E-state index contributed by atoms with van der Waals surface area (Å²) in [7, 11) is 0. The standard InChI is InChI=1S/C36H54N8O10/c1-21(38)30(47)39-24(7-2-3-15-37)33(50)42-16-4-8-27(42)32(49)41-26(20-45)31(48)40-25(19-22-11-13-23(46)14-12-22)34(51)43-17-5-9-28(43)35(52)44-18-6-10-29(44)36(53)54/h11-14,21,24-29,45-46H,2-10,15-20,37-38H2,1H3,(H,39,47)(H,40,48)(H,41,49)(H,53,54)/t21-,24-,25-,26-,27-,28-,29-/m0/s1. The van der Waals surface area contributed by atoms with Gasteiger partial charge in [0.25, 0.3) is 0 Å². The summed E-state index contributed by atoms with van der Waals surface area (Å²) in [6.45, 7) is 1.69. The summed E-state index contributed by atoms with van der Waals surface area (Å²) in [6, 6.07) is -1.60. The minimum atomic E-state index is -1.53. The molecule has 3 saturated heterocycles. The molecule has 0 spiro atoms. The Bertz CT molecular complexity index is 1520. The number of unbranched alkanes of at least 4 members (excludes halogenated alkanes) is 1. The van der Waals surface area contributed by atoms with Crippen molar-refractivity contribution in [3.05, 3.63) is 29.8 Å². The molecule has 54 heavy (non-hydrogen) atoms. The van der Waals surface area contributed by atoms with E-state index in [1.807, 2.05) is 0 Å². The predicted molar refractivity (Wildman–Crippen MR) is 193 cm³/mol. The molecule has 4 rings (SSSR count). The van der Waals surface area contributed by atoms with Gasteiger partial charge in [0.2, 0.25) is 35.4 Å². The molecule has 7 atom stereocenters. The highest BCUT2D eigenvalue weighted by atomic mass is 16.4. The third-order valence-electron chi connectivity index (χ3n) is 10.3. The lowest BCUT2D eigenvalue weighted by molar-refractivity contribution is -0.152. The highest BCUT2D eigenvalue weighted by Gasteiger charge is 2.44. The van der Waals surface area contributed by atoms with E-state index >= 15 is 0 Å². The van der Waals surface area contributed by atoms with Crippen LogP contribution in [-0.4, -0.2) is 147 Å². The smallest absolute Gasteiger partial charge is 0.326 e. The average Bonchev–Trinajstić information content (AvgIpc) is 3.94. The number of likely N-dealkylation sites (tertiary alicyclic amines) is 3. The van der Waals surface area contributed by atoms with E-state index in [-0.39, 0.29) is 44.6 Å². The van der Waals surface area contributed by atoms with E-state index in [1.54, 1.807) is 12.1 Å². The molecule has 18 heteroatoms. The Morgan fingerprint density at radius 1 is 0.759 bits per heavy atom. The molecule has 0 aliphatic carbocycles. The van der Waals surface area contributed by atoms with Gasteiger partial charge in [0.05, 0.1) is 12.6 Å². The first-order chi connectivity index (χ1) is 25.8. The van der Waals surface area contributed by atoms with Gasteiger partial charge in [-0.3, -0.25) is 28.8 Å². The molecule has 6 amide bonds. The number of aliphatic hydroxyl groups excluding tert-OH is 1. The molecule has 3 aliphatic rings. The van der Waals surface area contributed by atoms with Crippen LogP contribution in [0, 0.1) is 0 Å². The van der Waals surface area contributed by atoms with Gasteiger partial charge in [0.15, 0.2) is 0 Å². The molecule has 3 fully saturated rings. The van der Waals surface area contributed by atoms with Crippen molar-refractivity contribution in [2.75, 3.05) is 32.8 Å². The molecule has 0 aromatic heterocycles. The zero-order valence-electron chi connectivity index (χ0n) is 30.7. The molecule has 3 aliphatic heterocycles. The molecular formula is C36H54N8O10. The number of carboxylic acid groups (broad SMARTS) is 1. The SMILES string of the molecule is C[C@H](N)C(=O)N[C@@H](CCCCN)C(=O)N1CCC[C@H]1C(=O)N[C@@H](CO)C(=O)N[C@@H](Cc1ccc(O)cc1)C(=O)N1CCC[C@H]1C(=O)N1CCC[C@H]1C(=O)O. The number of nitrogens with one attached hydrogen (secondary N) is 3. The van der Waals surface area contributed by atoms with E-state index in [9.17, 15) is 48.9 Å². The van der Waals surface area contributed by atoms with Crippen LogP contribution in [0.25, 0.3) is 0 Å². The summed E-state index contributed by atoms with van der Waals surface area (Å²) < 4.78 is 0. The van der Waals surface area contributed by atoms with Gasteiger partial charge in [-0.15, -0.1) is 0 Å². The van der Waals surface area contributed by atoms with Crippen LogP contribution in [-0.2, 0) is 40.0 Å². The Morgan fingerprint density at radius 3 is 1.91 bits per heavy atom. The second-order valence-electron chi connectivity index (χ2n) is 14.2. The highest BCUT2D eigenvalue weighted by molar-refractivity contribution is 5.97. The third-order valence-corrected chi connectivity index (χ3v) is 10.3. The Balaban J connectivity index is 1.49. The Morgan fingerprint density at radius 2 is 1.31 bits per heavy atom. The lowest BCUT2D eigenvalue weighted by atomic mass is 10.0. The highest BCUT2D eigenvalue weighted by Crippen LogP contribution is 2.26. The van der Waals surface area contributed by atoms with Gasteiger partial charge in [0, 0.05) is 26.1 Å². The van der Waals surface area contributed by atoms with Gasteiger partial charge in [-0.2, -0.15) is 0 Å². The van der Waals surface area contributed by atoms with Crippen molar-refractivity contribution >= 4 is 41.4 Å². The van der Waals surface area contributed by atoms with Crippen molar-refractivity contribution in [2.24, 2.45) is 11.5 Å². The van der Waals surface area contributed by atoms with Gasteiger partial charge in [-0.05, 0) is 89.0 Å². The lowest BCUT2D eigenvalue weighted by Crippen LogP contribution is -2.60. The number of hydrogen-bond acceptors (Lipinski definition) is 11. The average molecular weight is 759 g/mol. The van der Waals surface area contributed by atoms with E-state index in [1.165, 1.54) is 33.8 Å². The van der Waals surface area contributed by atoms with Gasteiger partial charge in [0.1, 0.15) is 42.0 Å². The van der Waals surface area contributed by atoms with Crippen molar-refractivity contribution in [1.82, 2.24) is 30.7 Å². The number of aliphatic hydroxyl groups is 1. The molecule has 0 unspecified atom stereocenters. The van der Waals surface area contributed by atoms with Crippen molar-refractivity contribution in [1.29, 1.82) is 0 Å². The van der Waals surface area contributed by atoms with Gasteiger partial charge < -0.3 is 57.4 Å². The van der Waals surface area contributed by atoms with E-state index in [0.717, 1.165) is 0 Å². The molecule has 0 saturated carbocycles. The number of rotatable bonds is 17. The first-order valence-electron chi connectivity index (χ1n) is 18.7. The number of aliphatic carboxylic acids is 1. The zero-order chi connectivity index (χ0) is 39.5. The van der Waals surface area contributed by atoms with Crippen LogP contribution in [0.2, 0.25) is 0 Å². The second kappa shape index (κ2) is 19.5. The summed E-state index contributed by atoms with van der Waals surface area (Å²) >= 11 is 0. The molecule has 0 bridgehead atoms. The molecule has 3 heterocycles. The number of carbonyl (C=O) groups excluding carboxylic acids is 6. The third kappa shape index (κ3) is 10.4. The van der Waals surface area contributed by atoms with Crippen molar-refractivity contribution in [3.8, 4) is 5.75 Å². The van der Waals surface area contributed by atoms with Gasteiger partial charge in [-0.1, -0.05) is 12.1 Å². The minimum absolute atomic E-state index is 0.0184. The fourth-order valence-electron chi connectivity index (χ4n) is 7.32. The van der Waals surface area contributed by atoms with Crippen molar-refractivity contribution < 1.29 is 48.9 Å². The molecule has 18 nitrogen and oxygen atoms in total. The zero-order valence-corrected chi connectivity index (χ0v) is 30.7. The Hall–Kier alpha value is -4.81. The van der Waals surface area contributed by atoms with E-state index < -0.39 is 90.3 Å². The number of benzene rings is 1. The fourth-order valence-corrected chi connectivity index (χ4v) is 7.32. The molecule has 298 valence electrons. The second-order valence-corrected chi connectivity index (χ2v) is 14.2. The number of carboxylic acids is 1. The molecular weight excluding hydrogens is 704 g/mol. The van der Waals surface area contributed by atoms with E-state index in [0.29, 0.717) is 57.1 Å². The number of carbonyl (C=O) groups is 7. The maximum Gasteiger partial charge on any atom is 0.326 e. The summed E-state index contributed by atoms with van der Waals surface area (Å²) in [5.74, 6) is -4.84. The van der Waals surface area contributed by atoms with Crippen LogP contribution < -0.4 is 27.4 Å². The summed E-state index contributed by atoms with van der Waals surface area (Å²) in [5.41, 5.74) is 11.9. The Labute approximate surface area is 313 Å². The topological polar surface area (TPSA) is 278 Å². The van der Waals surface area contributed by atoms with Gasteiger partial charge >= 0.3 is 5.97 Å². The van der Waals surface area contributed by atoms with E-state index in [2.05, 4.69) is 16.0 Å². The quantitative estimate of drug-likeness (QED) is 0.0795. The van der Waals surface area contributed by atoms with Crippen molar-refractivity contribution in [3.63, 3.8) is 0 Å². The molecule has 1 aromatic carbocycles. The van der Waals surface area contributed by atoms with Crippen LogP contribution in [0.1, 0.15) is 70.3 Å². The summed E-state index contributed by atoms with van der Waals surface area (Å²) in [6.07, 6.45) is 3.71. The predicted octanol–water partition coefficient (Wildman–Crippen LogP) is -2.08. The molecule has 1 aromatic rings. The van der Waals surface area contributed by atoms with E-state index in [4.69, 9.17) is 11.5 Å².